The molecule has 0 spiro atoms. The number of halogens is 2. The number of hydrogen-bond donors (Lipinski definition) is 4. The van der Waals surface area contributed by atoms with Crippen molar-refractivity contribution in [3.63, 3.8) is 0 Å². The summed E-state index contributed by atoms with van der Waals surface area (Å²) in [4.78, 5) is 75.7. The Labute approximate surface area is 381 Å². The zero-order valence-corrected chi connectivity index (χ0v) is 37.1. The number of amides is 5. The summed E-state index contributed by atoms with van der Waals surface area (Å²) in [5.41, 5.74) is 1.76. The number of anilines is 2. The van der Waals surface area contributed by atoms with Gasteiger partial charge in [-0.3, -0.25) is 43.9 Å². The highest BCUT2D eigenvalue weighted by Crippen LogP contribution is 2.36. The predicted molar refractivity (Wildman–Crippen MR) is 237 cm³/mol. The molecular weight excluding hydrogens is 857 g/mol. The van der Waals surface area contributed by atoms with Crippen LogP contribution in [0.15, 0.2) is 53.4 Å². The van der Waals surface area contributed by atoms with Crippen LogP contribution in [0.3, 0.4) is 0 Å². The normalized spacial score (nSPS) is 22.3. The number of aliphatic hydroxyl groups excluding tert-OH is 1. The molecular formula is C47H57F2N9O8. The van der Waals surface area contributed by atoms with Crippen LogP contribution < -0.4 is 16.0 Å². The molecule has 5 heterocycles. The second-order valence-corrected chi connectivity index (χ2v) is 17.9. The summed E-state index contributed by atoms with van der Waals surface area (Å²) in [6.07, 6.45) is 10.5. The molecule has 66 heavy (non-hydrogen) atoms. The van der Waals surface area contributed by atoms with Crippen molar-refractivity contribution in [2.24, 2.45) is 11.8 Å². The molecule has 4 N–H and O–H groups in total. The number of hydrogen-bond acceptors (Lipinski definition) is 13. The Balaban J connectivity index is 0.732. The van der Waals surface area contributed by atoms with Crippen LogP contribution in [0.1, 0.15) is 132 Å². The van der Waals surface area contributed by atoms with Crippen molar-refractivity contribution < 1.29 is 47.0 Å². The van der Waals surface area contributed by atoms with Crippen LogP contribution in [0.5, 0.6) is 0 Å². The molecule has 0 radical (unpaired) electrons. The number of piperidine rings is 1. The Hall–Kier alpha value is -5.92. The molecule has 1 saturated heterocycles. The molecule has 19 heteroatoms. The Morgan fingerprint density at radius 2 is 1.82 bits per heavy atom. The monoisotopic (exact) mass is 913 g/mol. The minimum atomic E-state index is -2.89. The van der Waals surface area contributed by atoms with Crippen LogP contribution >= 0.6 is 0 Å². The van der Waals surface area contributed by atoms with E-state index >= 15 is 0 Å². The number of fused-ring (bicyclic) bond motifs is 1. The number of nitrogens with one attached hydrogen (secondary N) is 3. The molecule has 2 saturated carbocycles. The molecule has 4 aromatic rings. The summed E-state index contributed by atoms with van der Waals surface area (Å²) < 4.78 is 41.4. The molecule has 1 aromatic carbocycles. The topological polar surface area (TPSA) is 214 Å². The van der Waals surface area contributed by atoms with E-state index in [1.807, 2.05) is 6.07 Å². The van der Waals surface area contributed by atoms with Gasteiger partial charge in [0.1, 0.15) is 12.3 Å². The van der Waals surface area contributed by atoms with Gasteiger partial charge in [0.25, 0.3) is 24.1 Å². The number of nitrogens with zero attached hydrogens (tertiary/aromatic N) is 6. The number of carbonyl (C=O) groups is 5. The summed E-state index contributed by atoms with van der Waals surface area (Å²) in [6, 6.07) is 7.43. The van der Waals surface area contributed by atoms with Gasteiger partial charge in [-0.05, 0) is 107 Å². The number of oxazole rings is 1. The van der Waals surface area contributed by atoms with Gasteiger partial charge in [-0.25, -0.2) is 13.8 Å². The van der Waals surface area contributed by atoms with E-state index in [0.29, 0.717) is 49.8 Å². The van der Waals surface area contributed by atoms with E-state index < -0.39 is 47.7 Å². The zero-order chi connectivity index (χ0) is 46.3. The Bertz CT molecular complexity index is 2400. The highest BCUT2D eigenvalue weighted by molar-refractivity contribution is 6.25. The summed E-state index contributed by atoms with van der Waals surface area (Å²) in [7, 11) is 2.08. The first kappa shape index (κ1) is 46.6. The third-order valence-electron chi connectivity index (χ3n) is 13.2. The minimum Gasteiger partial charge on any atom is -0.444 e. The van der Waals surface area contributed by atoms with Gasteiger partial charge in [-0.15, -0.1) is 0 Å². The fourth-order valence-corrected chi connectivity index (χ4v) is 9.69. The first-order valence-corrected chi connectivity index (χ1v) is 23.1. The number of carbonyl (C=O) groups excluding carboxylic acids is 5. The summed E-state index contributed by atoms with van der Waals surface area (Å²) in [5, 5.41) is 22.7. The summed E-state index contributed by atoms with van der Waals surface area (Å²) >= 11 is 0. The van der Waals surface area contributed by atoms with Crippen LogP contribution in [-0.4, -0.2) is 116 Å². The fraction of sp³-hybridized carbons (Fsp3) is 0.532. The number of benzene rings is 1. The van der Waals surface area contributed by atoms with E-state index in [0.717, 1.165) is 81.5 Å². The third-order valence-corrected chi connectivity index (χ3v) is 13.2. The second-order valence-electron chi connectivity index (χ2n) is 17.9. The molecule has 8 rings (SSSR count). The predicted octanol–water partition coefficient (Wildman–Crippen LogP) is 6.19. The molecule has 0 bridgehead atoms. The molecule has 3 fully saturated rings. The molecule has 17 nitrogen and oxygen atoms in total. The number of pyridine rings is 1. The number of ether oxygens (including phenoxy) is 1. The smallest absolute Gasteiger partial charge is 0.284 e. The van der Waals surface area contributed by atoms with Crippen molar-refractivity contribution >= 4 is 40.9 Å². The van der Waals surface area contributed by atoms with Gasteiger partial charge in [-0.2, -0.15) is 5.10 Å². The summed E-state index contributed by atoms with van der Waals surface area (Å²) in [6.45, 7) is 3.32. The first-order valence-electron chi connectivity index (χ1n) is 23.1. The largest absolute Gasteiger partial charge is 0.444 e. The number of aromatic nitrogens is 4. The van der Waals surface area contributed by atoms with Crippen LogP contribution in [0.4, 0.5) is 20.2 Å². The maximum Gasteiger partial charge on any atom is 0.284 e. The highest BCUT2D eigenvalue weighted by Gasteiger charge is 2.45. The van der Waals surface area contributed by atoms with Crippen molar-refractivity contribution in [2.75, 3.05) is 50.5 Å². The van der Waals surface area contributed by atoms with Crippen molar-refractivity contribution in [3.8, 4) is 11.5 Å². The van der Waals surface area contributed by atoms with Crippen LogP contribution in [0.25, 0.3) is 11.5 Å². The standard InChI is InChI=1S/C47H57F2N9O8/c1-56(20-6-22-65-21-5-18-51-34-9-4-8-33-40(34)47(64)58(46(33)63)37-15-16-39(60)54-44(37)62)25-28-11-13-32(14-12-28)57-26-35(41(55-57)42(48)49)52-43(61)36-27-66-45(53-36)30-17-19-50-31(24-30)23-29-7-2-3-10-38(29)59/h4,8-9,17,19,24,26-29,32,37-38,42,51,59H,2-3,5-7,10-16,18,20-23,25H2,1H3,(H,52,61)(H,54,60,62)/t28?,29-,32?,37?,38-/m0/s1. The minimum absolute atomic E-state index is 0.0574. The number of aliphatic hydroxyl groups is 1. The van der Waals surface area contributed by atoms with Crippen LogP contribution in [0.2, 0.25) is 0 Å². The van der Waals surface area contributed by atoms with E-state index in [1.165, 1.54) is 12.5 Å². The maximum atomic E-state index is 14.2. The lowest BCUT2D eigenvalue weighted by Gasteiger charge is -2.31. The molecule has 2 aliphatic carbocycles. The van der Waals surface area contributed by atoms with Gasteiger partial charge in [0.15, 0.2) is 11.4 Å². The maximum absolute atomic E-state index is 14.2. The van der Waals surface area contributed by atoms with Crippen molar-refractivity contribution in [1.29, 1.82) is 0 Å². The SMILES string of the molecule is CN(CCCOCCCNc1cccc2c1C(=O)N(C1CCC(=O)NC1=O)C2=O)CC1CCC(n2cc(NC(=O)c3coc(-c4ccnc(C[C@@H]5CCCC[C@@H]5O)c4)n3)c(C(F)F)n2)CC1. The zero-order valence-electron chi connectivity index (χ0n) is 37.1. The van der Waals surface area contributed by atoms with Gasteiger partial charge in [0.2, 0.25) is 17.7 Å². The Morgan fingerprint density at radius 1 is 1.02 bits per heavy atom. The van der Waals surface area contributed by atoms with Crippen molar-refractivity contribution in [2.45, 2.75) is 108 Å². The summed E-state index contributed by atoms with van der Waals surface area (Å²) in [5.74, 6) is -2.08. The van der Waals surface area contributed by atoms with Gasteiger partial charge >= 0.3 is 0 Å². The van der Waals surface area contributed by atoms with Crippen molar-refractivity contribution in [3.05, 3.63) is 77.2 Å². The average molecular weight is 914 g/mol. The lowest BCUT2D eigenvalue weighted by molar-refractivity contribution is -0.136. The molecule has 1 unspecified atom stereocenters. The number of imide groups is 2. The van der Waals surface area contributed by atoms with Crippen molar-refractivity contribution in [1.82, 2.24) is 34.9 Å². The lowest BCUT2D eigenvalue weighted by Crippen LogP contribution is -2.54. The number of alkyl halides is 2. The molecule has 352 valence electrons. The average Bonchev–Trinajstić information content (AvgIpc) is 4.03. The van der Waals surface area contributed by atoms with E-state index in [9.17, 15) is 37.9 Å². The Morgan fingerprint density at radius 3 is 2.61 bits per heavy atom. The first-order chi connectivity index (χ1) is 31.9. The number of rotatable bonds is 19. The molecule has 5 amide bonds. The molecule has 3 aromatic heterocycles. The quantitative estimate of drug-likeness (QED) is 0.0611. The van der Waals surface area contributed by atoms with Gasteiger partial charge in [0.05, 0.1) is 29.0 Å². The van der Waals surface area contributed by atoms with E-state index in [1.54, 1.807) is 35.1 Å². The Kier molecular flexibility index (Phi) is 14.9. The van der Waals surface area contributed by atoms with Crippen LogP contribution in [0, 0.1) is 11.8 Å². The molecule has 2 aliphatic heterocycles. The van der Waals surface area contributed by atoms with E-state index in [-0.39, 0.29) is 59.3 Å². The molecule has 3 atom stereocenters. The highest BCUT2D eigenvalue weighted by atomic mass is 19.3. The van der Waals surface area contributed by atoms with Gasteiger partial charge < -0.3 is 29.8 Å². The molecule has 4 aliphatic rings. The lowest BCUT2D eigenvalue weighted by atomic mass is 9.83. The van der Waals surface area contributed by atoms with Gasteiger partial charge in [-0.1, -0.05) is 18.9 Å². The van der Waals surface area contributed by atoms with E-state index in [4.69, 9.17) is 9.15 Å². The van der Waals surface area contributed by atoms with Crippen LogP contribution in [-0.2, 0) is 20.7 Å². The fourth-order valence-electron chi connectivity index (χ4n) is 9.69. The second kappa shape index (κ2) is 21.1. The van der Waals surface area contributed by atoms with E-state index in [2.05, 4.69) is 43.0 Å². The third kappa shape index (κ3) is 10.8. The van der Waals surface area contributed by atoms with Gasteiger partial charge in [0, 0.05) is 68.6 Å².